The number of nitrogens with zero attached hydrogens (tertiary/aromatic N) is 1. The van der Waals surface area contributed by atoms with Gasteiger partial charge in [-0.15, -0.1) is 0 Å². The van der Waals surface area contributed by atoms with Gasteiger partial charge >= 0.3 is 0 Å². The number of ether oxygens (including phenoxy) is 1. The van der Waals surface area contributed by atoms with E-state index in [1.165, 1.54) is 16.7 Å². The molecule has 1 atom stereocenters. The fourth-order valence-corrected chi connectivity index (χ4v) is 4.20. The number of hydrogen-bond donors (Lipinski definition) is 1. The first-order valence-electron chi connectivity index (χ1n) is 9.16. The summed E-state index contributed by atoms with van der Waals surface area (Å²) in [4.78, 5) is 13.6. The van der Waals surface area contributed by atoms with Crippen LogP contribution in [0, 0.1) is 13.8 Å². The molecular weight excluding hydrogens is 300 g/mol. The number of carbonyl (C=O) groups is 1. The monoisotopic (exact) mass is 330 g/mol. The summed E-state index contributed by atoms with van der Waals surface area (Å²) in [6.45, 7) is 9.79. The van der Waals surface area contributed by atoms with Crippen LogP contribution in [0.15, 0.2) is 18.2 Å². The second-order valence-electron chi connectivity index (χ2n) is 7.67. The SMILES string of the molecule is CC(=O)NC[C@H]1CCC2(CCN(Cc3cc(C)cc(C)c3)CC2)O1. The van der Waals surface area contributed by atoms with Gasteiger partial charge in [-0.3, -0.25) is 9.69 Å². The Morgan fingerprint density at radius 3 is 2.50 bits per heavy atom. The molecule has 132 valence electrons. The lowest BCUT2D eigenvalue weighted by Crippen LogP contribution is -2.44. The molecule has 3 rings (SSSR count). The smallest absolute Gasteiger partial charge is 0.216 e. The van der Waals surface area contributed by atoms with Crippen molar-refractivity contribution in [2.45, 2.75) is 64.7 Å². The molecule has 0 radical (unpaired) electrons. The van der Waals surface area contributed by atoms with Gasteiger partial charge in [0, 0.05) is 33.1 Å². The summed E-state index contributed by atoms with van der Waals surface area (Å²) in [6.07, 6.45) is 4.61. The van der Waals surface area contributed by atoms with Crippen LogP contribution in [0.3, 0.4) is 0 Å². The molecule has 2 saturated heterocycles. The fourth-order valence-electron chi connectivity index (χ4n) is 4.20. The number of piperidine rings is 1. The summed E-state index contributed by atoms with van der Waals surface area (Å²) in [6, 6.07) is 6.83. The summed E-state index contributed by atoms with van der Waals surface area (Å²) in [5.41, 5.74) is 4.17. The number of nitrogens with one attached hydrogen (secondary N) is 1. The predicted molar refractivity (Wildman–Crippen MR) is 95.9 cm³/mol. The molecule has 1 amide bonds. The first-order valence-corrected chi connectivity index (χ1v) is 9.16. The molecule has 1 spiro atoms. The molecule has 0 bridgehead atoms. The highest BCUT2D eigenvalue weighted by molar-refractivity contribution is 5.72. The van der Waals surface area contributed by atoms with Crippen molar-refractivity contribution in [2.75, 3.05) is 19.6 Å². The maximum atomic E-state index is 11.1. The summed E-state index contributed by atoms with van der Waals surface area (Å²) in [5.74, 6) is 0.0304. The normalized spacial score (nSPS) is 23.5. The highest BCUT2D eigenvalue weighted by Crippen LogP contribution is 2.39. The number of amides is 1. The first kappa shape index (κ1) is 17.4. The van der Waals surface area contributed by atoms with Crippen molar-refractivity contribution >= 4 is 5.91 Å². The van der Waals surface area contributed by atoms with Gasteiger partial charge in [-0.05, 0) is 45.1 Å². The van der Waals surface area contributed by atoms with E-state index in [0.29, 0.717) is 6.54 Å². The molecule has 2 aliphatic heterocycles. The average Bonchev–Trinajstić information content (AvgIpc) is 2.90. The van der Waals surface area contributed by atoms with E-state index in [4.69, 9.17) is 4.74 Å². The Labute approximate surface area is 145 Å². The summed E-state index contributed by atoms with van der Waals surface area (Å²) in [5, 5.41) is 2.89. The first-order chi connectivity index (χ1) is 11.4. The second-order valence-corrected chi connectivity index (χ2v) is 7.67. The maximum absolute atomic E-state index is 11.1. The highest BCUT2D eigenvalue weighted by Gasteiger charge is 2.42. The molecule has 0 aromatic heterocycles. The van der Waals surface area contributed by atoms with Crippen molar-refractivity contribution in [2.24, 2.45) is 0 Å². The zero-order valence-electron chi connectivity index (χ0n) is 15.2. The third kappa shape index (κ3) is 4.37. The van der Waals surface area contributed by atoms with Crippen molar-refractivity contribution in [1.29, 1.82) is 0 Å². The topological polar surface area (TPSA) is 41.6 Å². The molecule has 2 aliphatic rings. The van der Waals surface area contributed by atoms with Crippen molar-refractivity contribution in [3.8, 4) is 0 Å². The molecule has 0 unspecified atom stereocenters. The van der Waals surface area contributed by atoms with Gasteiger partial charge in [0.05, 0.1) is 11.7 Å². The van der Waals surface area contributed by atoms with Crippen molar-refractivity contribution in [3.63, 3.8) is 0 Å². The van der Waals surface area contributed by atoms with Crippen LogP contribution in [-0.2, 0) is 16.1 Å². The molecule has 0 aliphatic carbocycles. The van der Waals surface area contributed by atoms with E-state index in [1.54, 1.807) is 6.92 Å². The average molecular weight is 330 g/mol. The molecule has 4 nitrogen and oxygen atoms in total. The van der Waals surface area contributed by atoms with Gasteiger partial charge in [0.25, 0.3) is 0 Å². The fraction of sp³-hybridized carbons (Fsp3) is 0.650. The third-order valence-corrected chi connectivity index (χ3v) is 5.37. The van der Waals surface area contributed by atoms with Gasteiger partial charge in [0.15, 0.2) is 0 Å². The van der Waals surface area contributed by atoms with Crippen LogP contribution >= 0.6 is 0 Å². The predicted octanol–water partition coefficient (Wildman–Crippen LogP) is 2.95. The largest absolute Gasteiger partial charge is 0.370 e. The van der Waals surface area contributed by atoms with Gasteiger partial charge in [-0.25, -0.2) is 0 Å². The lowest BCUT2D eigenvalue weighted by Gasteiger charge is -2.39. The number of likely N-dealkylation sites (tertiary alicyclic amines) is 1. The Balaban J connectivity index is 1.50. The Morgan fingerprint density at radius 1 is 1.21 bits per heavy atom. The van der Waals surface area contributed by atoms with Gasteiger partial charge < -0.3 is 10.1 Å². The molecule has 2 fully saturated rings. The van der Waals surface area contributed by atoms with Gasteiger partial charge in [0.2, 0.25) is 5.91 Å². The molecular formula is C20H30N2O2. The summed E-state index contributed by atoms with van der Waals surface area (Å²) < 4.78 is 6.34. The van der Waals surface area contributed by atoms with Crippen molar-refractivity contribution < 1.29 is 9.53 Å². The quantitative estimate of drug-likeness (QED) is 0.923. The molecule has 1 aromatic carbocycles. The zero-order chi connectivity index (χ0) is 17.2. The Hall–Kier alpha value is -1.39. The van der Waals surface area contributed by atoms with Crippen LogP contribution in [0.4, 0.5) is 0 Å². The lowest BCUT2D eigenvalue weighted by atomic mass is 9.88. The van der Waals surface area contributed by atoms with Crippen LogP contribution in [0.5, 0.6) is 0 Å². The van der Waals surface area contributed by atoms with Crippen LogP contribution in [0.1, 0.15) is 49.3 Å². The molecule has 4 heteroatoms. The van der Waals surface area contributed by atoms with E-state index < -0.39 is 0 Å². The zero-order valence-corrected chi connectivity index (χ0v) is 15.2. The second kappa shape index (κ2) is 7.24. The molecule has 2 heterocycles. The molecule has 24 heavy (non-hydrogen) atoms. The van der Waals surface area contributed by atoms with Crippen LogP contribution in [-0.4, -0.2) is 42.1 Å². The molecule has 1 N–H and O–H groups in total. The minimum atomic E-state index is 0.0304. The Morgan fingerprint density at radius 2 is 1.88 bits per heavy atom. The van der Waals surface area contributed by atoms with Gasteiger partial charge in [-0.1, -0.05) is 29.3 Å². The van der Waals surface area contributed by atoms with Crippen LogP contribution in [0.2, 0.25) is 0 Å². The number of carbonyl (C=O) groups excluding carboxylic acids is 1. The minimum absolute atomic E-state index is 0.0304. The summed E-state index contributed by atoms with van der Waals surface area (Å²) >= 11 is 0. The van der Waals surface area contributed by atoms with E-state index in [1.807, 2.05) is 0 Å². The molecule has 1 aromatic rings. The van der Waals surface area contributed by atoms with Crippen LogP contribution < -0.4 is 5.32 Å². The summed E-state index contributed by atoms with van der Waals surface area (Å²) in [7, 11) is 0. The van der Waals surface area contributed by atoms with E-state index in [9.17, 15) is 4.79 Å². The number of aryl methyl sites for hydroxylation is 2. The van der Waals surface area contributed by atoms with Crippen molar-refractivity contribution in [3.05, 3.63) is 34.9 Å². The van der Waals surface area contributed by atoms with Crippen LogP contribution in [0.25, 0.3) is 0 Å². The van der Waals surface area contributed by atoms with Gasteiger partial charge in [0.1, 0.15) is 0 Å². The van der Waals surface area contributed by atoms with E-state index >= 15 is 0 Å². The number of benzene rings is 1. The molecule has 0 saturated carbocycles. The van der Waals surface area contributed by atoms with E-state index in [-0.39, 0.29) is 17.6 Å². The Kier molecular flexibility index (Phi) is 5.26. The van der Waals surface area contributed by atoms with Crippen molar-refractivity contribution in [1.82, 2.24) is 10.2 Å². The third-order valence-electron chi connectivity index (χ3n) is 5.37. The number of hydrogen-bond acceptors (Lipinski definition) is 3. The van der Waals surface area contributed by atoms with E-state index in [0.717, 1.165) is 45.3 Å². The maximum Gasteiger partial charge on any atom is 0.216 e. The van der Waals surface area contributed by atoms with Gasteiger partial charge in [-0.2, -0.15) is 0 Å². The highest BCUT2D eigenvalue weighted by atomic mass is 16.5. The number of rotatable bonds is 4. The lowest BCUT2D eigenvalue weighted by molar-refractivity contribution is -0.120. The van der Waals surface area contributed by atoms with E-state index in [2.05, 4.69) is 42.3 Å². The minimum Gasteiger partial charge on any atom is -0.370 e. The Bertz CT molecular complexity index is 571. The standard InChI is InChI=1S/C20H30N2O2/c1-15-10-16(2)12-18(11-15)14-22-8-6-20(7-9-22)5-4-19(24-20)13-21-17(3)23/h10-12,19H,4-9,13-14H2,1-3H3,(H,21,23)/t19-/m1/s1.